The molecule has 1 N–H and O–H groups in total. The van der Waals surface area contributed by atoms with Crippen LogP contribution >= 0.6 is 11.6 Å². The number of nitrogens with zero attached hydrogens (tertiary/aromatic N) is 2. The van der Waals surface area contributed by atoms with E-state index in [0.717, 1.165) is 43.2 Å². The summed E-state index contributed by atoms with van der Waals surface area (Å²) in [5.41, 5.74) is 2.38. The number of carbonyl (C=O) groups excluding carboxylic acids is 1. The van der Waals surface area contributed by atoms with Crippen LogP contribution in [0.25, 0.3) is 0 Å². The predicted molar refractivity (Wildman–Crippen MR) is 185 cm³/mol. The number of aryl methyl sites for hydroxylation is 1. The Hall–Kier alpha value is -3.47. The lowest BCUT2D eigenvalue weighted by molar-refractivity contribution is -0.0824. The Balaban J connectivity index is 1.46. The first-order valence-corrected chi connectivity index (χ1v) is 18.6. The second-order valence-electron chi connectivity index (χ2n) is 13.4. The third-order valence-corrected chi connectivity index (χ3v) is 12.7. The van der Waals surface area contributed by atoms with Crippen LogP contribution in [0.15, 0.2) is 67.0 Å². The number of ether oxygens (including phenoxy) is 2. The van der Waals surface area contributed by atoms with E-state index in [1.165, 1.54) is 18.5 Å². The highest BCUT2D eigenvalue weighted by Gasteiger charge is 2.49. The van der Waals surface area contributed by atoms with Crippen LogP contribution in [-0.2, 0) is 33.4 Å². The van der Waals surface area contributed by atoms with Gasteiger partial charge in [-0.2, -0.15) is 0 Å². The molecule has 11 heteroatoms. The number of nitrogens with one attached hydrogen (secondary N) is 1. The lowest BCUT2D eigenvalue weighted by Gasteiger charge is -2.50. The van der Waals surface area contributed by atoms with Crippen molar-refractivity contribution >= 4 is 33.2 Å². The topological polar surface area (TPSA) is 97.8 Å². The highest BCUT2D eigenvalue weighted by molar-refractivity contribution is 7.90. The Bertz CT molecular complexity index is 1800. The van der Waals surface area contributed by atoms with E-state index < -0.39 is 32.6 Å². The maximum absolute atomic E-state index is 15.6. The molecule has 0 unspecified atom stereocenters. The molecule has 0 saturated heterocycles. The van der Waals surface area contributed by atoms with Gasteiger partial charge in [0.05, 0.1) is 10.9 Å². The van der Waals surface area contributed by atoms with Crippen LogP contribution in [0.3, 0.4) is 0 Å². The number of allylic oxidation sites excluding steroid dienone is 1. The fraction of sp³-hybridized carbons (Fsp3) is 0.459. The minimum atomic E-state index is -4.03. The number of benzene rings is 2. The molecule has 2 aromatic carbocycles. The summed E-state index contributed by atoms with van der Waals surface area (Å²) < 4.78 is 57.5. The molecule has 8 nitrogen and oxygen atoms in total. The molecule has 1 aliphatic carbocycles. The summed E-state index contributed by atoms with van der Waals surface area (Å²) in [6.45, 7) is 5.02. The van der Waals surface area contributed by atoms with Crippen molar-refractivity contribution < 1.29 is 27.1 Å². The minimum absolute atomic E-state index is 0.0813. The molecular weight excluding hydrogens is 653 g/mol. The number of anilines is 1. The summed E-state index contributed by atoms with van der Waals surface area (Å²) in [4.78, 5) is 20.0. The van der Waals surface area contributed by atoms with Crippen molar-refractivity contribution in [2.45, 2.75) is 69.8 Å². The van der Waals surface area contributed by atoms with Gasteiger partial charge in [-0.15, -0.1) is 0 Å². The van der Waals surface area contributed by atoms with Crippen LogP contribution in [0, 0.1) is 23.6 Å². The predicted octanol–water partition coefficient (Wildman–Crippen LogP) is 7.21. The van der Waals surface area contributed by atoms with Gasteiger partial charge in [0, 0.05) is 54.7 Å². The average molecular weight is 696 g/mol. The number of amides is 1. The fourth-order valence-corrected chi connectivity index (χ4v) is 8.84. The van der Waals surface area contributed by atoms with Crippen molar-refractivity contribution in [3.8, 4) is 5.75 Å². The molecule has 0 radical (unpaired) electrons. The fourth-order valence-electron chi connectivity index (χ4n) is 7.36. The van der Waals surface area contributed by atoms with Crippen LogP contribution in [0.1, 0.15) is 73.0 Å². The summed E-state index contributed by atoms with van der Waals surface area (Å²) >= 11 is 6.35. The third-order valence-electron chi connectivity index (χ3n) is 10.6. The van der Waals surface area contributed by atoms with Gasteiger partial charge < -0.3 is 14.4 Å². The van der Waals surface area contributed by atoms with Crippen molar-refractivity contribution in [3.63, 3.8) is 0 Å². The summed E-state index contributed by atoms with van der Waals surface area (Å²) in [5, 5.41) is -0.197. The van der Waals surface area contributed by atoms with Crippen molar-refractivity contribution in [1.29, 1.82) is 0 Å². The monoisotopic (exact) mass is 695 g/mol. The van der Waals surface area contributed by atoms with E-state index in [9.17, 15) is 13.2 Å². The molecule has 2 aliphatic heterocycles. The standard InChI is InChI=1S/C37H43ClFN3O5S/c1-24-7-6-16-37(46-3,32-21-40-17-15-33(32)39)31-13-10-28(31)22-42-18-5-4-8-26-19-30(38)12-9-29(26)23-47-35-14-11-27(20-34(35)42)36(43)41-48(44,45)25(24)2/h6,9,11-12,14-17,19-21,24-25,28,31H,4-5,7-8,10,13,18,22-23H2,1-3H3,(H,41,43)/b16-6+/t24-,25+,28-,31+,37+/m0/s1. The summed E-state index contributed by atoms with van der Waals surface area (Å²) in [7, 11) is -2.43. The second-order valence-corrected chi connectivity index (χ2v) is 15.9. The molecule has 48 heavy (non-hydrogen) atoms. The maximum atomic E-state index is 15.6. The zero-order valence-corrected chi connectivity index (χ0v) is 29.2. The summed E-state index contributed by atoms with van der Waals surface area (Å²) in [6.07, 6.45) is 11.5. The molecular formula is C37H43ClFN3O5S. The van der Waals surface area contributed by atoms with Gasteiger partial charge in [-0.1, -0.05) is 36.7 Å². The number of halogens is 2. The first-order chi connectivity index (χ1) is 23.0. The van der Waals surface area contributed by atoms with Gasteiger partial charge in [0.1, 0.15) is 23.8 Å². The Morgan fingerprint density at radius 3 is 2.69 bits per heavy atom. The van der Waals surface area contributed by atoms with Crippen LogP contribution < -0.4 is 14.4 Å². The molecule has 1 saturated carbocycles. The highest BCUT2D eigenvalue weighted by Crippen LogP contribution is 2.51. The van der Waals surface area contributed by atoms with E-state index in [4.69, 9.17) is 21.1 Å². The van der Waals surface area contributed by atoms with E-state index in [1.807, 2.05) is 37.3 Å². The molecule has 6 rings (SSSR count). The van der Waals surface area contributed by atoms with E-state index in [0.29, 0.717) is 48.1 Å². The zero-order chi connectivity index (χ0) is 34.1. The number of rotatable bonds is 2. The van der Waals surface area contributed by atoms with E-state index >= 15 is 4.39 Å². The van der Waals surface area contributed by atoms with Crippen molar-refractivity contribution in [3.05, 3.63) is 100 Å². The number of methoxy groups -OCH3 is 1. The first-order valence-electron chi connectivity index (χ1n) is 16.7. The number of aromatic nitrogens is 1. The molecule has 1 amide bonds. The SMILES string of the molecule is CO[C@]1(c2cnccc2F)/C=C/C[C@H](C)[C@@H](C)S(=O)(=O)NC(=O)c2ccc3c(c2)N(CCCCc2cc(Cl)ccc2CO3)C[C@@H]2CC[C@H]21. The minimum Gasteiger partial charge on any atom is -0.487 e. The summed E-state index contributed by atoms with van der Waals surface area (Å²) in [6, 6.07) is 12.3. The molecule has 5 atom stereocenters. The van der Waals surface area contributed by atoms with Crippen LogP contribution in [0.4, 0.5) is 10.1 Å². The summed E-state index contributed by atoms with van der Waals surface area (Å²) in [5.74, 6) is -0.804. The molecule has 3 aliphatic rings. The van der Waals surface area contributed by atoms with Crippen LogP contribution in [0.5, 0.6) is 5.75 Å². The highest BCUT2D eigenvalue weighted by atomic mass is 35.5. The number of hydrogen-bond acceptors (Lipinski definition) is 7. The molecule has 3 heterocycles. The van der Waals surface area contributed by atoms with Crippen molar-refractivity contribution in [1.82, 2.24) is 9.71 Å². The second kappa shape index (κ2) is 14.2. The van der Waals surface area contributed by atoms with Gasteiger partial charge >= 0.3 is 0 Å². The first kappa shape index (κ1) is 34.4. The smallest absolute Gasteiger partial charge is 0.264 e. The van der Waals surface area contributed by atoms with Crippen LogP contribution in [0.2, 0.25) is 5.02 Å². The Morgan fingerprint density at radius 1 is 1.10 bits per heavy atom. The Kier molecular flexibility index (Phi) is 10.2. The molecule has 1 fully saturated rings. The molecule has 1 aromatic heterocycles. The lowest BCUT2D eigenvalue weighted by atomic mass is 9.62. The quantitative estimate of drug-likeness (QED) is 0.283. The normalized spacial score (nSPS) is 28.4. The maximum Gasteiger partial charge on any atom is 0.264 e. The average Bonchev–Trinajstić information content (AvgIpc) is 3.08. The number of carbonyl (C=O) groups is 1. The third kappa shape index (κ3) is 6.84. The van der Waals surface area contributed by atoms with Gasteiger partial charge in [0.25, 0.3) is 5.91 Å². The number of sulfonamides is 1. The van der Waals surface area contributed by atoms with Crippen LogP contribution in [-0.4, -0.2) is 44.8 Å². The van der Waals surface area contributed by atoms with Gasteiger partial charge in [0.15, 0.2) is 0 Å². The largest absolute Gasteiger partial charge is 0.487 e. The van der Waals surface area contributed by atoms with Gasteiger partial charge in [0.2, 0.25) is 10.0 Å². The number of fused-ring (bicyclic) bond motifs is 3. The van der Waals surface area contributed by atoms with Gasteiger partial charge in [-0.3, -0.25) is 9.78 Å². The molecule has 256 valence electrons. The number of pyridine rings is 1. The number of hydrogen-bond donors (Lipinski definition) is 1. The van der Waals surface area contributed by atoms with Crippen molar-refractivity contribution in [2.75, 3.05) is 25.1 Å². The zero-order valence-electron chi connectivity index (χ0n) is 27.6. The molecule has 2 bridgehead atoms. The van der Waals surface area contributed by atoms with E-state index in [-0.39, 0.29) is 23.3 Å². The van der Waals surface area contributed by atoms with E-state index in [2.05, 4.69) is 14.6 Å². The van der Waals surface area contributed by atoms with E-state index in [1.54, 1.807) is 32.2 Å². The molecule has 3 aromatic rings. The van der Waals surface area contributed by atoms with Gasteiger partial charge in [-0.25, -0.2) is 17.5 Å². The Labute approximate surface area is 287 Å². The molecule has 0 spiro atoms. The van der Waals surface area contributed by atoms with Gasteiger partial charge in [-0.05, 0) is 105 Å². The Morgan fingerprint density at radius 2 is 1.94 bits per heavy atom. The van der Waals surface area contributed by atoms with Crippen molar-refractivity contribution in [2.24, 2.45) is 17.8 Å². The lowest BCUT2D eigenvalue weighted by Crippen LogP contribution is -2.50.